The lowest BCUT2D eigenvalue weighted by Gasteiger charge is -2.05. The van der Waals surface area contributed by atoms with Crippen molar-refractivity contribution in [1.29, 1.82) is 0 Å². The number of esters is 1. The first kappa shape index (κ1) is 12.1. The number of carbonyl (C=O) groups excluding carboxylic acids is 2. The smallest absolute Gasteiger partial charge is 0.379 e. The molecule has 0 amide bonds. The SMILES string of the molecule is COC(=O)C(=O)c1ccc(I)c(C)c1F. The monoisotopic (exact) mass is 322 g/mol. The summed E-state index contributed by atoms with van der Waals surface area (Å²) in [5.74, 6) is -2.69. The lowest BCUT2D eigenvalue weighted by molar-refractivity contribution is -0.135. The number of benzene rings is 1. The molecule has 15 heavy (non-hydrogen) atoms. The van der Waals surface area contributed by atoms with Crippen LogP contribution in [-0.4, -0.2) is 18.9 Å². The van der Waals surface area contributed by atoms with Crippen molar-refractivity contribution in [3.8, 4) is 0 Å². The van der Waals surface area contributed by atoms with Gasteiger partial charge in [0, 0.05) is 3.57 Å². The molecule has 5 heteroatoms. The Balaban J connectivity index is 3.22. The fraction of sp³-hybridized carbons (Fsp3) is 0.200. The summed E-state index contributed by atoms with van der Waals surface area (Å²) in [7, 11) is 1.08. The van der Waals surface area contributed by atoms with E-state index in [0.29, 0.717) is 9.13 Å². The minimum atomic E-state index is -1.06. The van der Waals surface area contributed by atoms with Crippen LogP contribution in [-0.2, 0) is 9.53 Å². The summed E-state index contributed by atoms with van der Waals surface area (Å²) in [6.45, 7) is 1.55. The van der Waals surface area contributed by atoms with Crippen LogP contribution in [0.15, 0.2) is 12.1 Å². The van der Waals surface area contributed by atoms with Crippen molar-refractivity contribution in [2.24, 2.45) is 0 Å². The lowest BCUT2D eigenvalue weighted by Crippen LogP contribution is -2.17. The molecule has 0 bridgehead atoms. The molecule has 80 valence electrons. The zero-order chi connectivity index (χ0) is 11.6. The van der Waals surface area contributed by atoms with Gasteiger partial charge in [-0.3, -0.25) is 4.79 Å². The van der Waals surface area contributed by atoms with Gasteiger partial charge in [-0.1, -0.05) is 0 Å². The Labute approximate surface area is 99.8 Å². The molecule has 0 N–H and O–H groups in total. The van der Waals surface area contributed by atoms with E-state index in [1.54, 1.807) is 13.0 Å². The second kappa shape index (κ2) is 4.69. The van der Waals surface area contributed by atoms with E-state index in [1.165, 1.54) is 6.07 Å². The van der Waals surface area contributed by atoms with Crippen molar-refractivity contribution in [3.05, 3.63) is 32.6 Å². The first-order valence-corrected chi connectivity index (χ1v) is 5.14. The van der Waals surface area contributed by atoms with Crippen molar-refractivity contribution in [2.45, 2.75) is 6.92 Å². The third-order valence-corrected chi connectivity index (χ3v) is 3.10. The van der Waals surface area contributed by atoms with E-state index in [4.69, 9.17) is 0 Å². The Morgan fingerprint density at radius 3 is 2.53 bits per heavy atom. The number of Topliss-reactive ketones (excluding diaryl/α,β-unsaturated/α-hetero) is 1. The number of ether oxygens (including phenoxy) is 1. The molecule has 0 aliphatic heterocycles. The molecule has 0 atom stereocenters. The zero-order valence-corrected chi connectivity index (χ0v) is 10.3. The highest BCUT2D eigenvalue weighted by atomic mass is 127. The summed E-state index contributed by atoms with van der Waals surface area (Å²) >= 11 is 1.95. The summed E-state index contributed by atoms with van der Waals surface area (Å²) in [6, 6.07) is 2.86. The molecule has 0 saturated carbocycles. The lowest BCUT2D eigenvalue weighted by atomic mass is 10.1. The minimum absolute atomic E-state index is 0.250. The van der Waals surface area contributed by atoms with Crippen molar-refractivity contribution in [1.82, 2.24) is 0 Å². The number of ketones is 1. The van der Waals surface area contributed by atoms with Gasteiger partial charge in [0.25, 0.3) is 5.78 Å². The van der Waals surface area contributed by atoms with Gasteiger partial charge in [-0.25, -0.2) is 9.18 Å². The van der Waals surface area contributed by atoms with Gasteiger partial charge in [-0.05, 0) is 47.2 Å². The van der Waals surface area contributed by atoms with E-state index < -0.39 is 17.6 Å². The van der Waals surface area contributed by atoms with E-state index in [2.05, 4.69) is 4.74 Å². The maximum Gasteiger partial charge on any atom is 0.379 e. The third-order valence-electron chi connectivity index (χ3n) is 1.94. The van der Waals surface area contributed by atoms with E-state index in [1.807, 2.05) is 22.6 Å². The summed E-state index contributed by atoms with van der Waals surface area (Å²) in [6.07, 6.45) is 0. The maximum absolute atomic E-state index is 13.6. The molecule has 0 unspecified atom stereocenters. The van der Waals surface area contributed by atoms with E-state index >= 15 is 0 Å². The molecule has 1 rings (SSSR count). The number of halogens is 2. The first-order chi connectivity index (χ1) is 6.99. The number of rotatable bonds is 2. The van der Waals surface area contributed by atoms with Gasteiger partial charge < -0.3 is 4.74 Å². The summed E-state index contributed by atoms with van der Waals surface area (Å²) in [5.41, 5.74) is 0.102. The first-order valence-electron chi connectivity index (χ1n) is 4.06. The topological polar surface area (TPSA) is 43.4 Å². The summed E-state index contributed by atoms with van der Waals surface area (Å²) in [5, 5.41) is 0. The third kappa shape index (κ3) is 2.34. The Morgan fingerprint density at radius 2 is 2.00 bits per heavy atom. The summed E-state index contributed by atoms with van der Waals surface area (Å²) < 4.78 is 18.5. The highest BCUT2D eigenvalue weighted by molar-refractivity contribution is 14.1. The average Bonchev–Trinajstić information content (AvgIpc) is 2.24. The zero-order valence-electron chi connectivity index (χ0n) is 8.14. The van der Waals surface area contributed by atoms with E-state index in [0.717, 1.165) is 7.11 Å². The van der Waals surface area contributed by atoms with Gasteiger partial charge in [-0.2, -0.15) is 0 Å². The van der Waals surface area contributed by atoms with Crippen molar-refractivity contribution < 1.29 is 18.7 Å². The van der Waals surface area contributed by atoms with E-state index in [-0.39, 0.29) is 5.56 Å². The second-order valence-electron chi connectivity index (χ2n) is 2.85. The standard InChI is InChI=1S/C10H8FIO3/c1-5-7(12)4-3-6(8(5)11)9(13)10(14)15-2/h3-4H,1-2H3. The fourth-order valence-electron chi connectivity index (χ4n) is 1.04. The molecular formula is C10H8FIO3. The van der Waals surface area contributed by atoms with Crippen molar-refractivity contribution >= 4 is 34.3 Å². The normalized spacial score (nSPS) is 9.87. The Kier molecular flexibility index (Phi) is 3.78. The highest BCUT2D eigenvalue weighted by Gasteiger charge is 2.22. The highest BCUT2D eigenvalue weighted by Crippen LogP contribution is 2.19. The molecule has 1 aromatic rings. The van der Waals surface area contributed by atoms with Crippen LogP contribution in [0, 0.1) is 16.3 Å². The molecule has 0 aromatic heterocycles. The van der Waals surface area contributed by atoms with Gasteiger partial charge in [0.05, 0.1) is 12.7 Å². The number of hydrogen-bond donors (Lipinski definition) is 0. The van der Waals surface area contributed by atoms with Crippen molar-refractivity contribution in [3.63, 3.8) is 0 Å². The number of carbonyl (C=O) groups is 2. The van der Waals surface area contributed by atoms with Gasteiger partial charge in [0.15, 0.2) is 0 Å². The maximum atomic E-state index is 13.6. The molecule has 1 aromatic carbocycles. The number of methoxy groups -OCH3 is 1. The van der Waals surface area contributed by atoms with Crippen LogP contribution < -0.4 is 0 Å². The second-order valence-corrected chi connectivity index (χ2v) is 4.02. The van der Waals surface area contributed by atoms with Gasteiger partial charge in [-0.15, -0.1) is 0 Å². The molecule has 0 aliphatic carbocycles. The Morgan fingerprint density at radius 1 is 1.40 bits per heavy atom. The van der Waals surface area contributed by atoms with Crippen LogP contribution in [0.1, 0.15) is 15.9 Å². The molecule has 0 radical (unpaired) electrons. The molecular weight excluding hydrogens is 314 g/mol. The van der Waals surface area contributed by atoms with Crippen LogP contribution in [0.3, 0.4) is 0 Å². The quantitative estimate of drug-likeness (QED) is 0.362. The average molecular weight is 322 g/mol. The Hall–Kier alpha value is -0.980. The van der Waals surface area contributed by atoms with Crippen LogP contribution in [0.5, 0.6) is 0 Å². The molecule has 0 saturated heterocycles. The van der Waals surface area contributed by atoms with Gasteiger partial charge in [0.1, 0.15) is 5.82 Å². The molecule has 3 nitrogen and oxygen atoms in total. The van der Waals surface area contributed by atoms with Crippen LogP contribution in [0.4, 0.5) is 4.39 Å². The summed E-state index contributed by atoms with van der Waals surface area (Å²) in [4.78, 5) is 22.3. The largest absolute Gasteiger partial charge is 0.463 e. The van der Waals surface area contributed by atoms with Gasteiger partial charge >= 0.3 is 5.97 Å². The molecule has 0 heterocycles. The van der Waals surface area contributed by atoms with Crippen LogP contribution in [0.25, 0.3) is 0 Å². The molecule has 0 aliphatic rings. The van der Waals surface area contributed by atoms with Gasteiger partial charge in [0.2, 0.25) is 0 Å². The fourth-order valence-corrected chi connectivity index (χ4v) is 1.46. The number of hydrogen-bond acceptors (Lipinski definition) is 3. The Bertz CT molecular complexity index is 429. The van der Waals surface area contributed by atoms with E-state index in [9.17, 15) is 14.0 Å². The van der Waals surface area contributed by atoms with Crippen LogP contribution >= 0.6 is 22.6 Å². The molecule has 0 spiro atoms. The van der Waals surface area contributed by atoms with Crippen LogP contribution in [0.2, 0.25) is 0 Å². The minimum Gasteiger partial charge on any atom is -0.463 e. The molecule has 0 fully saturated rings. The predicted octanol–water partition coefficient (Wildman–Crippen LogP) is 2.09. The van der Waals surface area contributed by atoms with Crippen molar-refractivity contribution in [2.75, 3.05) is 7.11 Å². The predicted molar refractivity (Wildman–Crippen MR) is 60.2 cm³/mol.